The number of primary amides is 1. The minimum absolute atomic E-state index is 0.0278. The number of amides is 3. The normalized spacial score (nSPS) is 12.4. The molecule has 1 aromatic rings. The van der Waals surface area contributed by atoms with E-state index in [1.165, 1.54) is 0 Å². The van der Waals surface area contributed by atoms with E-state index in [1.807, 2.05) is 6.07 Å². The van der Waals surface area contributed by atoms with Crippen LogP contribution in [0, 0.1) is 0 Å². The first-order valence-corrected chi connectivity index (χ1v) is 9.31. The number of nitrogens with one attached hydrogen (secondary N) is 2. The molecule has 0 unspecified atom stereocenters. The fourth-order valence-corrected chi connectivity index (χ4v) is 2.41. The van der Waals surface area contributed by atoms with Gasteiger partial charge < -0.3 is 31.9 Å². The molecule has 0 radical (unpaired) electrons. The van der Waals surface area contributed by atoms with E-state index in [-0.39, 0.29) is 26.0 Å². The summed E-state index contributed by atoms with van der Waals surface area (Å²) in [6, 6.07) is 7.24. The molecule has 10 heteroatoms. The summed E-state index contributed by atoms with van der Waals surface area (Å²) in [6.45, 7) is 0.314. The zero-order valence-corrected chi connectivity index (χ0v) is 16.1. The van der Waals surface area contributed by atoms with Gasteiger partial charge in [-0.3, -0.25) is 14.4 Å². The van der Waals surface area contributed by atoms with E-state index in [4.69, 9.17) is 21.3 Å². The first-order valence-electron chi connectivity index (χ1n) is 9.31. The van der Waals surface area contributed by atoms with Crippen molar-refractivity contribution in [2.24, 2.45) is 11.5 Å². The lowest BCUT2D eigenvalue weighted by Crippen LogP contribution is -2.47. The molecule has 10 nitrogen and oxygen atoms in total. The number of hydrogen-bond acceptors (Lipinski definition) is 6. The molecule has 0 aromatic heterocycles. The Hall–Kier alpha value is -3.14. The lowest BCUT2D eigenvalue weighted by atomic mass is 10.1. The third-order valence-electron chi connectivity index (χ3n) is 4.07. The molecule has 7 N–H and O–H groups in total. The van der Waals surface area contributed by atoms with Gasteiger partial charge in [0.15, 0.2) is 0 Å². The smallest absolute Gasteiger partial charge is 0.408 e. The van der Waals surface area contributed by atoms with E-state index < -0.39 is 36.0 Å². The second-order valence-electron chi connectivity index (χ2n) is 6.49. The second-order valence-corrected chi connectivity index (χ2v) is 6.49. The molecule has 29 heavy (non-hydrogen) atoms. The number of carboxylic acids is 1. The lowest BCUT2D eigenvalue weighted by molar-refractivity contribution is -0.137. The fraction of sp³-hybridized carbons (Fsp3) is 0.474. The zero-order valence-electron chi connectivity index (χ0n) is 16.1. The molecule has 2 atom stereocenters. The highest BCUT2D eigenvalue weighted by Gasteiger charge is 2.22. The minimum Gasteiger partial charge on any atom is -0.481 e. The monoisotopic (exact) mass is 408 g/mol. The number of aliphatic carboxylic acids is 1. The van der Waals surface area contributed by atoms with E-state index >= 15 is 0 Å². The topological polar surface area (TPSA) is 174 Å². The van der Waals surface area contributed by atoms with Crippen LogP contribution in [0.2, 0.25) is 0 Å². The van der Waals surface area contributed by atoms with Gasteiger partial charge in [0.1, 0.15) is 12.6 Å². The minimum atomic E-state index is -1.08. The Labute approximate surface area is 169 Å². The lowest BCUT2D eigenvalue weighted by Gasteiger charge is -2.18. The van der Waals surface area contributed by atoms with Crippen molar-refractivity contribution in [3.63, 3.8) is 0 Å². The van der Waals surface area contributed by atoms with Crippen molar-refractivity contribution in [3.8, 4) is 0 Å². The SMILES string of the molecule is NC(=O)[C@@H](N)CCCCNC(=O)[C@H](CCC(=O)O)NC(=O)OCc1ccccc1. The van der Waals surface area contributed by atoms with E-state index in [0.717, 1.165) is 5.56 Å². The Morgan fingerprint density at radius 2 is 1.76 bits per heavy atom. The molecule has 0 aliphatic carbocycles. The standard InChI is InChI=1S/C19H28N4O6/c20-14(17(21)26)8-4-5-11-22-18(27)15(9-10-16(24)25)23-19(28)29-12-13-6-2-1-3-7-13/h1-3,6-7,14-15H,4-5,8-12,20H2,(H2,21,26)(H,22,27)(H,23,28)(H,24,25)/t14-,15-/m0/s1. The van der Waals surface area contributed by atoms with Crippen LogP contribution in [0.5, 0.6) is 0 Å². The quantitative estimate of drug-likeness (QED) is 0.291. The van der Waals surface area contributed by atoms with Crippen LogP contribution in [0.3, 0.4) is 0 Å². The number of hydrogen-bond donors (Lipinski definition) is 5. The summed E-state index contributed by atoms with van der Waals surface area (Å²) in [6.07, 6.45) is 0.357. The van der Waals surface area contributed by atoms with Crippen molar-refractivity contribution >= 4 is 23.9 Å². The Morgan fingerprint density at radius 1 is 1.07 bits per heavy atom. The Morgan fingerprint density at radius 3 is 2.38 bits per heavy atom. The van der Waals surface area contributed by atoms with Crippen LogP contribution < -0.4 is 22.1 Å². The summed E-state index contributed by atoms with van der Waals surface area (Å²) in [4.78, 5) is 45.9. The molecular weight excluding hydrogens is 380 g/mol. The number of carboxylic acid groups (broad SMARTS) is 1. The van der Waals surface area contributed by atoms with Crippen molar-refractivity contribution in [2.75, 3.05) is 6.54 Å². The molecule has 1 rings (SSSR count). The van der Waals surface area contributed by atoms with Crippen LogP contribution in [-0.4, -0.2) is 47.6 Å². The summed E-state index contributed by atoms with van der Waals surface area (Å²) in [5.41, 5.74) is 11.4. The molecule has 0 aliphatic rings. The molecule has 0 bridgehead atoms. The Bertz CT molecular complexity index is 683. The maximum Gasteiger partial charge on any atom is 0.408 e. The Kier molecular flexibility index (Phi) is 10.8. The molecule has 0 saturated heterocycles. The number of unbranched alkanes of at least 4 members (excludes halogenated alkanes) is 1. The van der Waals surface area contributed by atoms with Crippen LogP contribution in [0.4, 0.5) is 4.79 Å². The second kappa shape index (κ2) is 13.1. The van der Waals surface area contributed by atoms with E-state index in [9.17, 15) is 19.2 Å². The van der Waals surface area contributed by atoms with Gasteiger partial charge in [0.2, 0.25) is 11.8 Å². The van der Waals surface area contributed by atoms with Gasteiger partial charge in [-0.2, -0.15) is 0 Å². The van der Waals surface area contributed by atoms with E-state index in [1.54, 1.807) is 24.3 Å². The highest BCUT2D eigenvalue weighted by Crippen LogP contribution is 2.04. The van der Waals surface area contributed by atoms with E-state index in [0.29, 0.717) is 19.3 Å². The predicted octanol–water partition coefficient (Wildman–Crippen LogP) is 0.245. The maximum atomic E-state index is 12.3. The number of rotatable bonds is 13. The average molecular weight is 408 g/mol. The van der Waals surface area contributed by atoms with Crippen molar-refractivity contribution in [1.29, 1.82) is 0 Å². The number of carbonyl (C=O) groups is 4. The molecule has 0 heterocycles. The first-order chi connectivity index (χ1) is 13.8. The van der Waals surface area contributed by atoms with Crippen molar-refractivity contribution in [3.05, 3.63) is 35.9 Å². The molecule has 160 valence electrons. The molecular formula is C19H28N4O6. The summed E-state index contributed by atoms with van der Waals surface area (Å²) in [5.74, 6) is -2.18. The van der Waals surface area contributed by atoms with Gasteiger partial charge in [-0.1, -0.05) is 30.3 Å². The summed E-state index contributed by atoms with van der Waals surface area (Å²) < 4.78 is 5.07. The van der Waals surface area contributed by atoms with E-state index in [2.05, 4.69) is 10.6 Å². The summed E-state index contributed by atoms with van der Waals surface area (Å²) in [5, 5.41) is 13.9. The highest BCUT2D eigenvalue weighted by molar-refractivity contribution is 5.86. The van der Waals surface area contributed by atoms with Crippen molar-refractivity contribution < 1.29 is 29.0 Å². The van der Waals surface area contributed by atoms with Crippen LogP contribution in [0.1, 0.15) is 37.7 Å². The average Bonchev–Trinajstić information content (AvgIpc) is 2.69. The summed E-state index contributed by atoms with van der Waals surface area (Å²) in [7, 11) is 0. The molecule has 0 saturated carbocycles. The number of ether oxygens (including phenoxy) is 1. The highest BCUT2D eigenvalue weighted by atomic mass is 16.5. The van der Waals surface area contributed by atoms with Gasteiger partial charge >= 0.3 is 12.1 Å². The fourth-order valence-electron chi connectivity index (χ4n) is 2.41. The number of alkyl carbamates (subject to hydrolysis) is 1. The molecule has 3 amide bonds. The number of benzene rings is 1. The predicted molar refractivity (Wildman–Crippen MR) is 104 cm³/mol. The molecule has 0 aliphatic heterocycles. The third kappa shape index (κ3) is 10.7. The van der Waals surface area contributed by atoms with Gasteiger partial charge in [-0.25, -0.2) is 4.79 Å². The third-order valence-corrected chi connectivity index (χ3v) is 4.07. The zero-order chi connectivity index (χ0) is 21.6. The molecule has 0 fully saturated rings. The molecule has 1 aromatic carbocycles. The van der Waals surface area contributed by atoms with Gasteiger partial charge in [-0.15, -0.1) is 0 Å². The van der Waals surface area contributed by atoms with Crippen LogP contribution in [-0.2, 0) is 25.7 Å². The van der Waals surface area contributed by atoms with Crippen LogP contribution in [0.25, 0.3) is 0 Å². The largest absolute Gasteiger partial charge is 0.481 e. The first kappa shape index (κ1) is 23.9. The summed E-state index contributed by atoms with van der Waals surface area (Å²) >= 11 is 0. The van der Waals surface area contributed by atoms with Crippen molar-refractivity contribution in [2.45, 2.75) is 50.8 Å². The van der Waals surface area contributed by atoms with Gasteiger partial charge in [0.25, 0.3) is 0 Å². The molecule has 0 spiro atoms. The van der Waals surface area contributed by atoms with Crippen LogP contribution in [0.15, 0.2) is 30.3 Å². The maximum absolute atomic E-state index is 12.3. The number of carbonyl (C=O) groups excluding carboxylic acids is 3. The van der Waals surface area contributed by atoms with Gasteiger partial charge in [-0.05, 0) is 31.2 Å². The number of nitrogens with two attached hydrogens (primary N) is 2. The van der Waals surface area contributed by atoms with Crippen molar-refractivity contribution in [1.82, 2.24) is 10.6 Å². The Balaban J connectivity index is 2.44. The van der Waals surface area contributed by atoms with Gasteiger partial charge in [0, 0.05) is 13.0 Å². The van der Waals surface area contributed by atoms with Crippen LogP contribution >= 0.6 is 0 Å². The van der Waals surface area contributed by atoms with Gasteiger partial charge in [0.05, 0.1) is 6.04 Å².